The zero-order valence-electron chi connectivity index (χ0n) is 20.4. The predicted octanol–water partition coefficient (Wildman–Crippen LogP) is 5.45. The molecule has 3 heterocycles. The molecule has 8 heteroatoms. The Labute approximate surface area is 206 Å². The predicted molar refractivity (Wildman–Crippen MR) is 130 cm³/mol. The highest BCUT2D eigenvalue weighted by atomic mass is 35.5. The fourth-order valence-corrected chi connectivity index (χ4v) is 5.39. The molecule has 182 valence electrons. The lowest BCUT2D eigenvalue weighted by Crippen LogP contribution is -2.39. The molecule has 34 heavy (non-hydrogen) atoms. The average Bonchev–Trinajstić information content (AvgIpc) is 3.36. The van der Waals surface area contributed by atoms with Gasteiger partial charge in [0.2, 0.25) is 0 Å². The standard InChI is InChI=1S/C26H33ClN4O3/c1-16-21(15-31(28-16)19-7-8-19)24(32)29-11-9-17-12-18(27)13-20(22(17)14-29)23-6-5-10-30(23)25(33)34-26(2,3)4/h12-13,15,19,23H,5-11,14H2,1-4H3/t23-/m0/s1. The molecule has 0 radical (unpaired) electrons. The largest absolute Gasteiger partial charge is 0.444 e. The van der Waals surface area contributed by atoms with E-state index in [0.717, 1.165) is 54.5 Å². The van der Waals surface area contributed by atoms with Crippen molar-refractivity contribution in [2.75, 3.05) is 13.1 Å². The monoisotopic (exact) mass is 484 g/mol. The molecule has 0 unspecified atom stereocenters. The summed E-state index contributed by atoms with van der Waals surface area (Å²) in [5, 5.41) is 5.25. The summed E-state index contributed by atoms with van der Waals surface area (Å²) in [5.74, 6) is 0.0198. The number of ether oxygens (including phenoxy) is 1. The highest BCUT2D eigenvalue weighted by Gasteiger charge is 2.36. The minimum atomic E-state index is -0.552. The Morgan fingerprint density at radius 3 is 2.62 bits per heavy atom. The van der Waals surface area contributed by atoms with E-state index in [1.54, 1.807) is 0 Å². The van der Waals surface area contributed by atoms with E-state index < -0.39 is 5.60 Å². The van der Waals surface area contributed by atoms with Gasteiger partial charge in [0.05, 0.1) is 23.3 Å². The zero-order valence-corrected chi connectivity index (χ0v) is 21.2. The Morgan fingerprint density at radius 1 is 1.15 bits per heavy atom. The highest BCUT2D eigenvalue weighted by molar-refractivity contribution is 6.30. The Bertz CT molecular complexity index is 1130. The molecule has 3 aliphatic rings. The fraction of sp³-hybridized carbons (Fsp3) is 0.577. The number of carbonyl (C=O) groups excluding carboxylic acids is 2. The van der Waals surface area contributed by atoms with Crippen LogP contribution in [0.15, 0.2) is 18.3 Å². The number of rotatable bonds is 3. The smallest absolute Gasteiger partial charge is 0.410 e. The number of halogens is 1. The average molecular weight is 485 g/mol. The number of nitrogens with zero attached hydrogens (tertiary/aromatic N) is 4. The molecule has 1 saturated heterocycles. The fourth-order valence-electron chi connectivity index (χ4n) is 5.15. The van der Waals surface area contributed by atoms with Crippen LogP contribution < -0.4 is 0 Å². The molecule has 1 aromatic carbocycles. The number of aromatic nitrogens is 2. The van der Waals surface area contributed by atoms with Crippen molar-refractivity contribution in [1.29, 1.82) is 0 Å². The molecule has 0 bridgehead atoms. The number of hydrogen-bond acceptors (Lipinski definition) is 4. The Kier molecular flexibility index (Phi) is 5.87. The molecular formula is C26H33ClN4O3. The van der Waals surface area contributed by atoms with Crippen LogP contribution in [0.1, 0.15) is 91.3 Å². The second-order valence-corrected chi connectivity index (χ2v) is 11.2. The van der Waals surface area contributed by atoms with Crippen molar-refractivity contribution in [3.8, 4) is 0 Å². The van der Waals surface area contributed by atoms with Gasteiger partial charge >= 0.3 is 6.09 Å². The summed E-state index contributed by atoms with van der Waals surface area (Å²) in [7, 11) is 0. The molecular weight excluding hydrogens is 452 g/mol. The van der Waals surface area contributed by atoms with Gasteiger partial charge in [0.25, 0.3) is 5.91 Å². The van der Waals surface area contributed by atoms with Crippen molar-refractivity contribution < 1.29 is 14.3 Å². The summed E-state index contributed by atoms with van der Waals surface area (Å²) in [6.45, 7) is 9.36. The third kappa shape index (κ3) is 4.54. The molecule has 1 saturated carbocycles. The molecule has 1 aromatic heterocycles. The molecule has 2 aliphatic heterocycles. The van der Waals surface area contributed by atoms with Crippen LogP contribution in [0, 0.1) is 6.92 Å². The minimum Gasteiger partial charge on any atom is -0.444 e. The van der Waals surface area contributed by atoms with Gasteiger partial charge in [-0.25, -0.2) is 4.79 Å². The number of benzene rings is 1. The number of fused-ring (bicyclic) bond motifs is 1. The Morgan fingerprint density at radius 2 is 1.91 bits per heavy atom. The molecule has 0 spiro atoms. The van der Waals surface area contributed by atoms with Gasteiger partial charge in [-0.3, -0.25) is 9.48 Å². The maximum atomic E-state index is 13.5. The lowest BCUT2D eigenvalue weighted by Gasteiger charge is -2.34. The van der Waals surface area contributed by atoms with E-state index in [1.165, 1.54) is 0 Å². The first-order valence-electron chi connectivity index (χ1n) is 12.3. The van der Waals surface area contributed by atoms with Crippen molar-refractivity contribution in [1.82, 2.24) is 19.6 Å². The maximum Gasteiger partial charge on any atom is 0.410 e. The lowest BCUT2D eigenvalue weighted by molar-refractivity contribution is 0.0222. The van der Waals surface area contributed by atoms with Gasteiger partial charge in [-0.2, -0.15) is 5.10 Å². The minimum absolute atomic E-state index is 0.0198. The van der Waals surface area contributed by atoms with Gasteiger partial charge in [-0.15, -0.1) is 0 Å². The Balaban J connectivity index is 1.42. The van der Waals surface area contributed by atoms with E-state index in [4.69, 9.17) is 16.3 Å². The summed E-state index contributed by atoms with van der Waals surface area (Å²) >= 11 is 6.52. The van der Waals surface area contributed by atoms with Gasteiger partial charge < -0.3 is 14.5 Å². The molecule has 1 aliphatic carbocycles. The molecule has 1 atom stereocenters. The van der Waals surface area contributed by atoms with E-state index in [0.29, 0.717) is 36.3 Å². The van der Waals surface area contributed by atoms with Crippen molar-refractivity contribution >= 4 is 23.6 Å². The lowest BCUT2D eigenvalue weighted by atomic mass is 9.90. The first-order valence-corrected chi connectivity index (χ1v) is 12.6. The van der Waals surface area contributed by atoms with Gasteiger partial charge in [0.15, 0.2) is 0 Å². The van der Waals surface area contributed by atoms with E-state index in [2.05, 4.69) is 5.10 Å². The number of aryl methyl sites for hydroxylation is 1. The highest BCUT2D eigenvalue weighted by Crippen LogP contribution is 2.40. The normalized spacial score (nSPS) is 20.4. The topological polar surface area (TPSA) is 67.7 Å². The van der Waals surface area contributed by atoms with Crippen LogP contribution in [0.3, 0.4) is 0 Å². The second-order valence-electron chi connectivity index (χ2n) is 10.8. The van der Waals surface area contributed by atoms with Crippen LogP contribution in [0.2, 0.25) is 5.02 Å². The van der Waals surface area contributed by atoms with Crippen LogP contribution in [0.25, 0.3) is 0 Å². The summed E-state index contributed by atoms with van der Waals surface area (Å²) in [6, 6.07) is 4.32. The second kappa shape index (κ2) is 8.59. The van der Waals surface area contributed by atoms with Crippen molar-refractivity contribution in [3.63, 3.8) is 0 Å². The van der Waals surface area contributed by atoms with Crippen molar-refractivity contribution in [2.24, 2.45) is 0 Å². The zero-order chi connectivity index (χ0) is 24.2. The molecule has 2 amide bonds. The quantitative estimate of drug-likeness (QED) is 0.581. The number of carbonyl (C=O) groups is 2. The van der Waals surface area contributed by atoms with E-state index in [1.807, 2.05) is 60.5 Å². The Hall–Kier alpha value is -2.54. The number of likely N-dealkylation sites (tertiary alicyclic amines) is 1. The first-order chi connectivity index (χ1) is 16.1. The third-order valence-electron chi connectivity index (χ3n) is 6.94. The summed E-state index contributed by atoms with van der Waals surface area (Å²) in [5.41, 5.74) is 4.22. The summed E-state index contributed by atoms with van der Waals surface area (Å²) in [4.78, 5) is 30.2. The summed E-state index contributed by atoms with van der Waals surface area (Å²) < 4.78 is 7.63. The van der Waals surface area contributed by atoms with Gasteiger partial charge in [-0.05, 0) is 88.6 Å². The molecule has 7 nitrogen and oxygen atoms in total. The van der Waals surface area contributed by atoms with E-state index in [-0.39, 0.29) is 18.0 Å². The summed E-state index contributed by atoms with van der Waals surface area (Å²) in [6.07, 6.45) is 6.38. The van der Waals surface area contributed by atoms with Gasteiger partial charge in [0.1, 0.15) is 5.60 Å². The maximum absolute atomic E-state index is 13.5. The molecule has 2 fully saturated rings. The van der Waals surface area contributed by atoms with Crippen LogP contribution in [-0.4, -0.2) is 50.3 Å². The third-order valence-corrected chi connectivity index (χ3v) is 7.15. The van der Waals surface area contributed by atoms with Crippen LogP contribution in [0.4, 0.5) is 4.79 Å². The van der Waals surface area contributed by atoms with Crippen LogP contribution in [-0.2, 0) is 17.7 Å². The van der Waals surface area contributed by atoms with E-state index >= 15 is 0 Å². The number of hydrogen-bond donors (Lipinski definition) is 0. The van der Waals surface area contributed by atoms with Crippen molar-refractivity contribution in [2.45, 2.75) is 84.0 Å². The molecule has 5 rings (SSSR count). The van der Waals surface area contributed by atoms with Crippen LogP contribution >= 0.6 is 11.6 Å². The van der Waals surface area contributed by atoms with Gasteiger partial charge in [0, 0.05) is 30.9 Å². The SMILES string of the molecule is Cc1nn(C2CC2)cc1C(=O)N1CCc2cc(Cl)cc([C@@H]3CCCN3C(=O)OC(C)(C)C)c2C1. The van der Waals surface area contributed by atoms with Crippen molar-refractivity contribution in [3.05, 3.63) is 51.3 Å². The molecule has 2 aromatic rings. The van der Waals surface area contributed by atoms with Crippen LogP contribution in [0.5, 0.6) is 0 Å². The molecule has 0 N–H and O–H groups in total. The number of amides is 2. The van der Waals surface area contributed by atoms with Gasteiger partial charge in [-0.1, -0.05) is 11.6 Å². The van der Waals surface area contributed by atoms with E-state index in [9.17, 15) is 9.59 Å². The first kappa shape index (κ1) is 23.2.